The highest BCUT2D eigenvalue weighted by Crippen LogP contribution is 2.31. The Bertz CT molecular complexity index is 617. The van der Waals surface area contributed by atoms with Gasteiger partial charge in [-0.05, 0) is 19.8 Å². The lowest BCUT2D eigenvalue weighted by atomic mass is 10.1. The molecule has 21 heavy (non-hydrogen) atoms. The fourth-order valence-corrected chi connectivity index (χ4v) is 2.17. The molecule has 8 heteroatoms. The predicted octanol–water partition coefficient (Wildman–Crippen LogP) is 2.34. The van der Waals surface area contributed by atoms with E-state index in [1.54, 1.807) is 6.92 Å². The third kappa shape index (κ3) is 3.26. The first-order chi connectivity index (χ1) is 9.86. The summed E-state index contributed by atoms with van der Waals surface area (Å²) in [7, 11) is 0. The molecule has 116 valence electrons. The third-order valence-electron chi connectivity index (χ3n) is 3.21. The van der Waals surface area contributed by atoms with Gasteiger partial charge in [0.05, 0.1) is 12.2 Å². The van der Waals surface area contributed by atoms with Crippen LogP contribution in [0.2, 0.25) is 0 Å². The second kappa shape index (κ2) is 5.88. The molecular formula is C13H16F3N3O2. The standard InChI is InChI=1S/C13H16F3N3O2/c1-3-11-10(8(2)21-18-11)7-19-6-9(4-5-20)12(17-19)13(14,15)16/h6,20H,3-5,7H2,1-2H3. The van der Waals surface area contributed by atoms with E-state index in [2.05, 4.69) is 10.3 Å². The summed E-state index contributed by atoms with van der Waals surface area (Å²) in [6.45, 7) is 3.40. The maximum Gasteiger partial charge on any atom is 0.435 e. The highest BCUT2D eigenvalue weighted by Gasteiger charge is 2.37. The zero-order chi connectivity index (χ0) is 15.6. The lowest BCUT2D eigenvalue weighted by molar-refractivity contribution is -0.142. The number of hydrogen-bond donors (Lipinski definition) is 1. The summed E-state index contributed by atoms with van der Waals surface area (Å²) >= 11 is 0. The Morgan fingerprint density at radius 3 is 2.67 bits per heavy atom. The van der Waals surface area contributed by atoms with Crippen molar-refractivity contribution < 1.29 is 22.8 Å². The molecule has 0 aromatic carbocycles. The minimum absolute atomic E-state index is 0.0165. The van der Waals surface area contributed by atoms with Crippen molar-refractivity contribution in [2.75, 3.05) is 6.61 Å². The van der Waals surface area contributed by atoms with E-state index in [0.717, 1.165) is 5.56 Å². The smallest absolute Gasteiger partial charge is 0.396 e. The topological polar surface area (TPSA) is 64.1 Å². The molecule has 0 saturated carbocycles. The molecule has 2 heterocycles. The van der Waals surface area contributed by atoms with Gasteiger partial charge in [0.1, 0.15) is 5.76 Å². The first kappa shape index (κ1) is 15.6. The molecule has 2 aromatic heterocycles. The molecule has 0 amide bonds. The summed E-state index contributed by atoms with van der Waals surface area (Å²) in [5.74, 6) is 0.569. The van der Waals surface area contributed by atoms with Crippen LogP contribution < -0.4 is 0 Å². The molecule has 0 aliphatic heterocycles. The fourth-order valence-electron chi connectivity index (χ4n) is 2.17. The van der Waals surface area contributed by atoms with Crippen LogP contribution >= 0.6 is 0 Å². The second-order valence-electron chi connectivity index (χ2n) is 4.69. The molecule has 2 aromatic rings. The van der Waals surface area contributed by atoms with E-state index in [-0.39, 0.29) is 25.1 Å². The minimum Gasteiger partial charge on any atom is -0.396 e. The number of aryl methyl sites for hydroxylation is 2. The van der Waals surface area contributed by atoms with Crippen LogP contribution in [0.25, 0.3) is 0 Å². The number of alkyl halides is 3. The van der Waals surface area contributed by atoms with Crippen molar-refractivity contribution in [2.45, 2.75) is 39.4 Å². The Morgan fingerprint density at radius 2 is 2.10 bits per heavy atom. The molecule has 0 spiro atoms. The van der Waals surface area contributed by atoms with Gasteiger partial charge in [0, 0.05) is 23.9 Å². The molecule has 0 unspecified atom stereocenters. The number of aromatic nitrogens is 3. The normalized spacial score (nSPS) is 12.1. The molecule has 5 nitrogen and oxygen atoms in total. The largest absolute Gasteiger partial charge is 0.435 e. The Labute approximate surface area is 119 Å². The van der Waals surface area contributed by atoms with Crippen LogP contribution in [-0.2, 0) is 25.6 Å². The van der Waals surface area contributed by atoms with Crippen LogP contribution in [0.4, 0.5) is 13.2 Å². The van der Waals surface area contributed by atoms with Crippen LogP contribution in [0.1, 0.15) is 35.2 Å². The lowest BCUT2D eigenvalue weighted by Crippen LogP contribution is -2.11. The van der Waals surface area contributed by atoms with E-state index in [0.29, 0.717) is 17.9 Å². The lowest BCUT2D eigenvalue weighted by Gasteiger charge is -2.04. The number of aliphatic hydroxyl groups excluding tert-OH is 1. The van der Waals surface area contributed by atoms with Crippen molar-refractivity contribution in [2.24, 2.45) is 0 Å². The summed E-state index contributed by atoms with van der Waals surface area (Å²) in [5, 5.41) is 16.3. The average Bonchev–Trinajstić information content (AvgIpc) is 2.95. The second-order valence-corrected chi connectivity index (χ2v) is 4.69. The molecule has 0 bridgehead atoms. The highest BCUT2D eigenvalue weighted by molar-refractivity contribution is 5.25. The van der Waals surface area contributed by atoms with Crippen LogP contribution in [0.3, 0.4) is 0 Å². The van der Waals surface area contributed by atoms with Gasteiger partial charge < -0.3 is 9.63 Å². The van der Waals surface area contributed by atoms with Gasteiger partial charge in [0.15, 0.2) is 5.69 Å². The number of hydrogen-bond acceptors (Lipinski definition) is 4. The number of aliphatic hydroxyl groups is 1. The number of nitrogens with zero attached hydrogens (tertiary/aromatic N) is 3. The zero-order valence-electron chi connectivity index (χ0n) is 11.7. The fraction of sp³-hybridized carbons (Fsp3) is 0.538. The summed E-state index contributed by atoms with van der Waals surface area (Å²) in [6, 6.07) is 0. The first-order valence-corrected chi connectivity index (χ1v) is 6.55. The van der Waals surface area contributed by atoms with Crippen LogP contribution in [0, 0.1) is 6.92 Å². The molecular weight excluding hydrogens is 287 g/mol. The van der Waals surface area contributed by atoms with Gasteiger partial charge >= 0.3 is 6.18 Å². The molecule has 0 aliphatic carbocycles. The number of halogens is 3. The van der Waals surface area contributed by atoms with Gasteiger partial charge in [0.25, 0.3) is 0 Å². The molecule has 0 aliphatic rings. The van der Waals surface area contributed by atoms with E-state index in [4.69, 9.17) is 9.63 Å². The van der Waals surface area contributed by atoms with E-state index < -0.39 is 11.9 Å². The van der Waals surface area contributed by atoms with Crippen LogP contribution in [-0.4, -0.2) is 26.7 Å². The Balaban J connectivity index is 2.35. The van der Waals surface area contributed by atoms with Gasteiger partial charge in [-0.25, -0.2) is 0 Å². The summed E-state index contributed by atoms with van der Waals surface area (Å²) in [4.78, 5) is 0. The quantitative estimate of drug-likeness (QED) is 0.921. The molecule has 2 rings (SSSR count). The van der Waals surface area contributed by atoms with Gasteiger partial charge in [0.2, 0.25) is 0 Å². The average molecular weight is 303 g/mol. The number of rotatable bonds is 5. The molecule has 0 atom stereocenters. The molecule has 1 N–H and O–H groups in total. The van der Waals surface area contributed by atoms with Crippen molar-refractivity contribution in [3.05, 3.63) is 34.5 Å². The van der Waals surface area contributed by atoms with Crippen molar-refractivity contribution in [1.29, 1.82) is 0 Å². The Hall–Kier alpha value is -1.83. The SMILES string of the molecule is CCc1noc(C)c1Cn1cc(CCO)c(C(F)(F)F)n1. The molecule has 0 saturated heterocycles. The van der Waals surface area contributed by atoms with Gasteiger partial charge in [-0.2, -0.15) is 18.3 Å². The van der Waals surface area contributed by atoms with Gasteiger partial charge in [-0.3, -0.25) is 4.68 Å². The maximum absolute atomic E-state index is 12.9. The predicted molar refractivity (Wildman–Crippen MR) is 67.7 cm³/mol. The summed E-state index contributed by atoms with van der Waals surface area (Å²) < 4.78 is 45.0. The van der Waals surface area contributed by atoms with E-state index in [1.165, 1.54) is 10.9 Å². The third-order valence-corrected chi connectivity index (χ3v) is 3.21. The maximum atomic E-state index is 12.9. The summed E-state index contributed by atoms with van der Waals surface area (Å²) in [6.07, 6.45) is -2.68. The van der Waals surface area contributed by atoms with Gasteiger partial charge in [-0.15, -0.1) is 0 Å². The Kier molecular flexibility index (Phi) is 4.36. The first-order valence-electron chi connectivity index (χ1n) is 6.55. The summed E-state index contributed by atoms with van der Waals surface area (Å²) in [5.41, 5.74) is 0.477. The van der Waals surface area contributed by atoms with Crippen LogP contribution in [0.5, 0.6) is 0 Å². The molecule has 0 radical (unpaired) electrons. The van der Waals surface area contributed by atoms with Crippen LogP contribution in [0.15, 0.2) is 10.7 Å². The Morgan fingerprint density at radius 1 is 1.38 bits per heavy atom. The minimum atomic E-state index is -4.53. The van der Waals surface area contributed by atoms with Crippen molar-refractivity contribution in [3.8, 4) is 0 Å². The zero-order valence-corrected chi connectivity index (χ0v) is 11.7. The molecule has 0 fully saturated rings. The van der Waals surface area contributed by atoms with E-state index in [1.807, 2.05) is 6.92 Å². The van der Waals surface area contributed by atoms with Crippen molar-refractivity contribution in [3.63, 3.8) is 0 Å². The highest BCUT2D eigenvalue weighted by atomic mass is 19.4. The van der Waals surface area contributed by atoms with Crippen molar-refractivity contribution in [1.82, 2.24) is 14.9 Å². The van der Waals surface area contributed by atoms with E-state index in [9.17, 15) is 13.2 Å². The monoisotopic (exact) mass is 303 g/mol. The van der Waals surface area contributed by atoms with Gasteiger partial charge in [-0.1, -0.05) is 12.1 Å². The van der Waals surface area contributed by atoms with Crippen molar-refractivity contribution >= 4 is 0 Å². The van der Waals surface area contributed by atoms with E-state index >= 15 is 0 Å².